The van der Waals surface area contributed by atoms with E-state index in [4.69, 9.17) is 0 Å². The summed E-state index contributed by atoms with van der Waals surface area (Å²) >= 11 is 0. The van der Waals surface area contributed by atoms with Gasteiger partial charge in [-0.1, -0.05) is 37.3 Å². The van der Waals surface area contributed by atoms with E-state index in [0.717, 1.165) is 5.56 Å². The number of nitrogens with zero attached hydrogens (tertiary/aromatic N) is 1. The molecule has 122 valence electrons. The predicted molar refractivity (Wildman–Crippen MR) is 87.0 cm³/mol. The van der Waals surface area contributed by atoms with E-state index >= 15 is 0 Å². The van der Waals surface area contributed by atoms with Crippen molar-refractivity contribution in [2.24, 2.45) is 0 Å². The van der Waals surface area contributed by atoms with Crippen molar-refractivity contribution >= 4 is 15.9 Å². The number of hydrogen-bond acceptors (Lipinski definition) is 3. The Bertz CT molecular complexity index is 579. The number of rotatable bonds is 6. The molecular formula is C16H24N2O3S. The summed E-state index contributed by atoms with van der Waals surface area (Å²) in [5.41, 5.74) is 1.02. The van der Waals surface area contributed by atoms with Crippen LogP contribution in [-0.2, 0) is 21.2 Å². The molecular weight excluding hydrogens is 300 g/mol. The van der Waals surface area contributed by atoms with E-state index in [0.29, 0.717) is 38.8 Å². The fourth-order valence-electron chi connectivity index (χ4n) is 2.68. The molecule has 1 aromatic rings. The normalized spacial score (nSPS) is 16.7. The molecule has 0 unspecified atom stereocenters. The summed E-state index contributed by atoms with van der Waals surface area (Å²) in [6.07, 6.45) is 2.41. The Kier molecular flexibility index (Phi) is 5.97. The van der Waals surface area contributed by atoms with Crippen molar-refractivity contribution in [2.45, 2.75) is 38.6 Å². The van der Waals surface area contributed by atoms with Crippen LogP contribution in [0, 0.1) is 0 Å². The maximum atomic E-state index is 12.2. The quantitative estimate of drug-likeness (QED) is 0.863. The highest BCUT2D eigenvalue weighted by molar-refractivity contribution is 7.89. The number of aryl methyl sites for hydroxylation is 1. The van der Waals surface area contributed by atoms with Crippen LogP contribution in [0.3, 0.4) is 0 Å². The number of sulfonamides is 1. The average molecular weight is 324 g/mol. The lowest BCUT2D eigenvalue weighted by Gasteiger charge is -2.32. The largest absolute Gasteiger partial charge is 0.343 e. The van der Waals surface area contributed by atoms with E-state index in [-0.39, 0.29) is 17.7 Å². The van der Waals surface area contributed by atoms with Crippen LogP contribution >= 0.6 is 0 Å². The van der Waals surface area contributed by atoms with Gasteiger partial charge in [0.25, 0.3) is 0 Å². The number of nitrogens with one attached hydrogen (secondary N) is 1. The number of amides is 1. The van der Waals surface area contributed by atoms with Gasteiger partial charge in [-0.25, -0.2) is 13.1 Å². The fourth-order valence-corrected chi connectivity index (χ4v) is 4.05. The molecule has 1 aromatic carbocycles. The van der Waals surface area contributed by atoms with Gasteiger partial charge in [0.1, 0.15) is 0 Å². The molecule has 1 amide bonds. The molecule has 1 aliphatic heterocycles. The Morgan fingerprint density at radius 1 is 1.23 bits per heavy atom. The highest BCUT2D eigenvalue weighted by atomic mass is 32.2. The van der Waals surface area contributed by atoms with E-state index in [1.165, 1.54) is 0 Å². The SMILES string of the molecule is CCC(=O)N1CCC(NS(=O)(=O)CCc2ccccc2)CC1. The van der Waals surface area contributed by atoms with Gasteiger partial charge in [-0.2, -0.15) is 0 Å². The van der Waals surface area contributed by atoms with Crippen molar-refractivity contribution in [3.05, 3.63) is 35.9 Å². The van der Waals surface area contributed by atoms with Gasteiger partial charge in [0.2, 0.25) is 15.9 Å². The van der Waals surface area contributed by atoms with Crippen molar-refractivity contribution in [1.29, 1.82) is 0 Å². The summed E-state index contributed by atoms with van der Waals surface area (Å²) in [4.78, 5) is 13.4. The summed E-state index contributed by atoms with van der Waals surface area (Å²) < 4.78 is 27.1. The number of benzene rings is 1. The highest BCUT2D eigenvalue weighted by Crippen LogP contribution is 2.13. The molecule has 22 heavy (non-hydrogen) atoms. The molecule has 1 aliphatic rings. The zero-order chi connectivity index (χ0) is 16.0. The minimum atomic E-state index is -3.28. The Hall–Kier alpha value is -1.40. The van der Waals surface area contributed by atoms with Gasteiger partial charge < -0.3 is 4.90 Å². The van der Waals surface area contributed by atoms with Gasteiger partial charge in [-0.3, -0.25) is 4.79 Å². The van der Waals surface area contributed by atoms with Crippen molar-refractivity contribution in [2.75, 3.05) is 18.8 Å². The van der Waals surface area contributed by atoms with Crippen LogP contribution in [-0.4, -0.2) is 44.1 Å². The van der Waals surface area contributed by atoms with Crippen LogP contribution in [0.2, 0.25) is 0 Å². The average Bonchev–Trinajstić information content (AvgIpc) is 2.54. The van der Waals surface area contributed by atoms with Gasteiger partial charge in [0.15, 0.2) is 0 Å². The van der Waals surface area contributed by atoms with E-state index in [2.05, 4.69) is 4.72 Å². The third-order valence-corrected chi connectivity index (χ3v) is 5.43. The molecule has 0 radical (unpaired) electrons. The lowest BCUT2D eigenvalue weighted by Crippen LogP contribution is -2.46. The van der Waals surface area contributed by atoms with E-state index in [9.17, 15) is 13.2 Å². The topological polar surface area (TPSA) is 66.5 Å². The molecule has 0 saturated carbocycles. The first-order valence-corrected chi connectivity index (χ1v) is 9.47. The minimum absolute atomic E-state index is 0.0540. The number of piperidine rings is 1. The van der Waals surface area contributed by atoms with Crippen LogP contribution in [0.4, 0.5) is 0 Å². The van der Waals surface area contributed by atoms with Crippen molar-refractivity contribution < 1.29 is 13.2 Å². The first kappa shape index (κ1) is 17.0. The second-order valence-electron chi connectivity index (χ2n) is 5.68. The monoisotopic (exact) mass is 324 g/mol. The lowest BCUT2D eigenvalue weighted by molar-refractivity contribution is -0.131. The third kappa shape index (κ3) is 5.10. The van der Waals surface area contributed by atoms with Crippen molar-refractivity contribution in [1.82, 2.24) is 9.62 Å². The van der Waals surface area contributed by atoms with Crippen molar-refractivity contribution in [3.63, 3.8) is 0 Å². The first-order valence-electron chi connectivity index (χ1n) is 7.82. The second kappa shape index (κ2) is 7.74. The third-order valence-electron chi connectivity index (χ3n) is 4.00. The first-order chi connectivity index (χ1) is 10.5. The highest BCUT2D eigenvalue weighted by Gasteiger charge is 2.25. The Morgan fingerprint density at radius 2 is 1.86 bits per heavy atom. The summed E-state index contributed by atoms with van der Waals surface area (Å²) in [7, 11) is -3.28. The Morgan fingerprint density at radius 3 is 2.45 bits per heavy atom. The molecule has 5 nitrogen and oxygen atoms in total. The fraction of sp³-hybridized carbons (Fsp3) is 0.562. The van der Waals surface area contributed by atoms with Gasteiger partial charge >= 0.3 is 0 Å². The van der Waals surface area contributed by atoms with Crippen LogP contribution in [0.25, 0.3) is 0 Å². The molecule has 1 heterocycles. The molecule has 6 heteroatoms. The number of likely N-dealkylation sites (tertiary alicyclic amines) is 1. The Balaban J connectivity index is 1.79. The zero-order valence-electron chi connectivity index (χ0n) is 13.0. The maximum Gasteiger partial charge on any atom is 0.222 e. The van der Waals surface area contributed by atoms with Gasteiger partial charge in [-0.05, 0) is 24.8 Å². The van der Waals surface area contributed by atoms with Gasteiger partial charge in [0.05, 0.1) is 5.75 Å². The van der Waals surface area contributed by atoms with E-state index < -0.39 is 10.0 Å². The minimum Gasteiger partial charge on any atom is -0.343 e. The van der Waals surface area contributed by atoms with E-state index in [1.807, 2.05) is 42.2 Å². The molecule has 0 spiro atoms. The van der Waals surface area contributed by atoms with Gasteiger partial charge in [-0.15, -0.1) is 0 Å². The molecule has 1 saturated heterocycles. The lowest BCUT2D eigenvalue weighted by atomic mass is 10.1. The van der Waals surface area contributed by atoms with Crippen LogP contribution in [0.1, 0.15) is 31.7 Å². The van der Waals surface area contributed by atoms with Crippen LogP contribution in [0.5, 0.6) is 0 Å². The molecule has 0 atom stereocenters. The predicted octanol–water partition coefficient (Wildman–Crippen LogP) is 1.55. The molecule has 0 aromatic heterocycles. The second-order valence-corrected chi connectivity index (χ2v) is 7.55. The summed E-state index contributed by atoms with van der Waals surface area (Å²) in [6.45, 7) is 3.12. The smallest absolute Gasteiger partial charge is 0.222 e. The number of hydrogen-bond donors (Lipinski definition) is 1. The van der Waals surface area contributed by atoms with Gasteiger partial charge in [0, 0.05) is 25.6 Å². The maximum absolute atomic E-state index is 12.2. The number of carbonyl (C=O) groups excluding carboxylic acids is 1. The molecule has 0 aliphatic carbocycles. The summed E-state index contributed by atoms with van der Waals surface area (Å²) in [5.74, 6) is 0.246. The summed E-state index contributed by atoms with van der Waals surface area (Å²) in [5, 5.41) is 0. The Labute approximate surface area is 132 Å². The standard InChI is InChI=1S/C16H24N2O3S/c1-2-16(19)18-11-8-15(9-12-18)17-22(20,21)13-10-14-6-4-3-5-7-14/h3-7,15,17H,2,8-13H2,1H3. The van der Waals surface area contributed by atoms with Crippen LogP contribution < -0.4 is 4.72 Å². The van der Waals surface area contributed by atoms with Crippen molar-refractivity contribution in [3.8, 4) is 0 Å². The zero-order valence-corrected chi connectivity index (χ0v) is 13.8. The molecule has 0 bridgehead atoms. The molecule has 1 fully saturated rings. The van der Waals surface area contributed by atoms with Crippen LogP contribution in [0.15, 0.2) is 30.3 Å². The molecule has 1 N–H and O–H groups in total. The number of carbonyl (C=O) groups is 1. The summed E-state index contributed by atoms with van der Waals surface area (Å²) in [6, 6.07) is 9.56. The molecule has 2 rings (SSSR count). The van der Waals surface area contributed by atoms with E-state index in [1.54, 1.807) is 0 Å².